The topological polar surface area (TPSA) is 42.7 Å². The number of aryl methyl sites for hydroxylation is 2. The molecular weight excluding hydrogens is 360 g/mol. The summed E-state index contributed by atoms with van der Waals surface area (Å²) in [5.74, 6) is 0. The van der Waals surface area contributed by atoms with Gasteiger partial charge >= 0.3 is 0 Å². The third-order valence-electron chi connectivity index (χ3n) is 4.23. The Balaban J connectivity index is 1.48. The van der Waals surface area contributed by atoms with Crippen LogP contribution in [0.5, 0.6) is 0 Å². The first-order valence-corrected chi connectivity index (χ1v) is 10.2. The Morgan fingerprint density at radius 1 is 1.08 bits per heavy atom. The van der Waals surface area contributed by atoms with Gasteiger partial charge in [0.25, 0.3) is 0 Å². The summed E-state index contributed by atoms with van der Waals surface area (Å²) in [4.78, 5) is 7.15. The molecule has 0 aliphatic heterocycles. The molecule has 26 heavy (non-hydrogen) atoms. The second kappa shape index (κ2) is 7.43. The van der Waals surface area contributed by atoms with Crippen LogP contribution in [0.25, 0.3) is 10.6 Å². The molecule has 0 fully saturated rings. The summed E-state index contributed by atoms with van der Waals surface area (Å²) >= 11 is 3.45. The van der Waals surface area contributed by atoms with Gasteiger partial charge in [0.15, 0.2) is 5.13 Å². The largest absolute Gasteiger partial charge is 0.357 e. The molecule has 0 unspecified atom stereocenters. The minimum Gasteiger partial charge on any atom is -0.357 e. The van der Waals surface area contributed by atoms with E-state index in [9.17, 15) is 0 Å². The molecule has 1 N–H and O–H groups in total. The lowest BCUT2D eigenvalue weighted by atomic mass is 10.2. The van der Waals surface area contributed by atoms with Gasteiger partial charge in [-0.15, -0.1) is 11.3 Å². The summed E-state index contributed by atoms with van der Waals surface area (Å²) in [6.45, 7) is 5.79. The van der Waals surface area contributed by atoms with Crippen LogP contribution in [0.1, 0.15) is 21.7 Å². The highest BCUT2D eigenvalue weighted by molar-refractivity contribution is 7.19. The van der Waals surface area contributed by atoms with Crippen molar-refractivity contribution in [1.29, 1.82) is 0 Å². The highest BCUT2D eigenvalue weighted by Gasteiger charge is 2.13. The Kier molecular flexibility index (Phi) is 4.86. The molecule has 3 heterocycles. The van der Waals surface area contributed by atoms with Crippen LogP contribution >= 0.6 is 22.7 Å². The minimum absolute atomic E-state index is 0.779. The Hall–Kier alpha value is -2.44. The van der Waals surface area contributed by atoms with Crippen molar-refractivity contribution >= 4 is 27.8 Å². The number of hydrogen-bond donors (Lipinski definition) is 1. The maximum Gasteiger partial charge on any atom is 0.183 e. The highest BCUT2D eigenvalue weighted by atomic mass is 32.1. The van der Waals surface area contributed by atoms with E-state index in [-0.39, 0.29) is 0 Å². The van der Waals surface area contributed by atoms with Crippen molar-refractivity contribution in [1.82, 2.24) is 14.8 Å². The first-order valence-electron chi connectivity index (χ1n) is 8.51. The van der Waals surface area contributed by atoms with Gasteiger partial charge in [-0.3, -0.25) is 4.68 Å². The van der Waals surface area contributed by atoms with Crippen LogP contribution in [-0.4, -0.2) is 14.8 Å². The molecule has 6 heteroatoms. The molecule has 4 aromatic rings. The Bertz CT molecular complexity index is 998. The molecule has 0 saturated carbocycles. The average molecular weight is 381 g/mol. The van der Waals surface area contributed by atoms with Gasteiger partial charge in [0, 0.05) is 11.1 Å². The molecule has 0 spiro atoms. The SMILES string of the molecule is Cc1ccsc1CNc1nc(C)c(-c2ccn(Cc3ccccc3)n2)s1. The third kappa shape index (κ3) is 3.71. The number of thiazole rings is 1. The van der Waals surface area contributed by atoms with Crippen LogP contribution in [-0.2, 0) is 13.1 Å². The monoisotopic (exact) mass is 380 g/mol. The number of nitrogens with one attached hydrogen (secondary N) is 1. The van der Waals surface area contributed by atoms with Crippen LogP contribution in [0.2, 0.25) is 0 Å². The predicted octanol–water partition coefficient (Wildman–Crippen LogP) is 5.35. The van der Waals surface area contributed by atoms with E-state index in [1.165, 1.54) is 16.0 Å². The summed E-state index contributed by atoms with van der Waals surface area (Å²) in [6.07, 6.45) is 2.03. The zero-order chi connectivity index (χ0) is 17.9. The molecule has 132 valence electrons. The third-order valence-corrected chi connectivity index (χ3v) is 6.39. The fourth-order valence-electron chi connectivity index (χ4n) is 2.79. The maximum absolute atomic E-state index is 4.74. The van der Waals surface area contributed by atoms with E-state index < -0.39 is 0 Å². The van der Waals surface area contributed by atoms with Gasteiger partial charge in [0.1, 0.15) is 5.69 Å². The number of rotatable bonds is 6. The number of nitrogens with zero attached hydrogens (tertiary/aromatic N) is 3. The van der Waals surface area contributed by atoms with E-state index in [1.54, 1.807) is 22.7 Å². The van der Waals surface area contributed by atoms with Crippen LogP contribution in [0.15, 0.2) is 54.0 Å². The fourth-order valence-corrected chi connectivity index (χ4v) is 4.57. The molecule has 0 amide bonds. The number of hydrogen-bond acceptors (Lipinski definition) is 5. The molecule has 4 rings (SSSR count). The zero-order valence-electron chi connectivity index (χ0n) is 14.8. The van der Waals surface area contributed by atoms with Crippen molar-refractivity contribution in [3.05, 3.63) is 75.7 Å². The molecule has 3 aromatic heterocycles. The second-order valence-corrected chi connectivity index (χ2v) is 8.20. The number of benzene rings is 1. The molecule has 0 aliphatic rings. The number of anilines is 1. The van der Waals surface area contributed by atoms with Gasteiger partial charge in [-0.1, -0.05) is 41.7 Å². The number of aromatic nitrogens is 3. The lowest BCUT2D eigenvalue weighted by Gasteiger charge is -2.01. The van der Waals surface area contributed by atoms with E-state index in [0.717, 1.165) is 34.5 Å². The summed E-state index contributed by atoms with van der Waals surface area (Å²) < 4.78 is 1.98. The Morgan fingerprint density at radius 3 is 2.69 bits per heavy atom. The summed E-state index contributed by atoms with van der Waals surface area (Å²) in [6, 6.07) is 14.6. The van der Waals surface area contributed by atoms with Crippen molar-refractivity contribution in [3.63, 3.8) is 0 Å². The minimum atomic E-state index is 0.779. The van der Waals surface area contributed by atoms with E-state index >= 15 is 0 Å². The van der Waals surface area contributed by atoms with Crippen molar-refractivity contribution < 1.29 is 0 Å². The average Bonchev–Trinajstić information content (AvgIpc) is 3.35. The van der Waals surface area contributed by atoms with E-state index in [4.69, 9.17) is 5.10 Å². The molecule has 4 nitrogen and oxygen atoms in total. The van der Waals surface area contributed by atoms with Crippen LogP contribution < -0.4 is 5.32 Å². The van der Waals surface area contributed by atoms with Gasteiger partial charge in [0.05, 0.1) is 23.7 Å². The van der Waals surface area contributed by atoms with E-state index in [1.807, 2.05) is 23.9 Å². The zero-order valence-corrected chi connectivity index (χ0v) is 16.4. The molecule has 0 aliphatic carbocycles. The Morgan fingerprint density at radius 2 is 1.92 bits per heavy atom. The fraction of sp³-hybridized carbons (Fsp3) is 0.200. The van der Waals surface area contributed by atoms with Gasteiger partial charge in [-0.05, 0) is 42.5 Å². The Labute approximate surface area is 161 Å². The molecular formula is C20H20N4S2. The molecule has 0 saturated heterocycles. The quantitative estimate of drug-likeness (QED) is 0.491. The van der Waals surface area contributed by atoms with Crippen molar-refractivity contribution in [2.24, 2.45) is 0 Å². The van der Waals surface area contributed by atoms with Crippen molar-refractivity contribution in [3.8, 4) is 10.6 Å². The molecule has 1 aromatic carbocycles. The lowest BCUT2D eigenvalue weighted by Crippen LogP contribution is -1.99. The van der Waals surface area contributed by atoms with Crippen LogP contribution in [0.4, 0.5) is 5.13 Å². The van der Waals surface area contributed by atoms with Crippen LogP contribution in [0, 0.1) is 13.8 Å². The van der Waals surface area contributed by atoms with Gasteiger partial charge in [-0.25, -0.2) is 4.98 Å². The van der Waals surface area contributed by atoms with E-state index in [0.29, 0.717) is 0 Å². The van der Waals surface area contributed by atoms with Gasteiger partial charge in [-0.2, -0.15) is 5.10 Å². The predicted molar refractivity (Wildman–Crippen MR) is 110 cm³/mol. The second-order valence-electron chi connectivity index (χ2n) is 6.20. The summed E-state index contributed by atoms with van der Waals surface area (Å²) in [5, 5.41) is 11.3. The first kappa shape index (κ1) is 17.0. The van der Waals surface area contributed by atoms with E-state index in [2.05, 4.69) is 59.0 Å². The first-order chi connectivity index (χ1) is 12.7. The summed E-state index contributed by atoms with van der Waals surface area (Å²) in [5.41, 5.74) is 4.58. The number of thiophene rings is 1. The smallest absolute Gasteiger partial charge is 0.183 e. The maximum atomic E-state index is 4.74. The molecule has 0 atom stereocenters. The van der Waals surface area contributed by atoms with Gasteiger partial charge < -0.3 is 5.32 Å². The standard InChI is InChI=1S/C20H20N4S2/c1-14-9-11-25-18(14)12-21-20-22-15(2)19(26-20)17-8-10-24(23-17)13-16-6-4-3-5-7-16/h3-11H,12-13H2,1-2H3,(H,21,22). The summed E-state index contributed by atoms with van der Waals surface area (Å²) in [7, 11) is 0. The normalized spacial score (nSPS) is 11.0. The molecule has 0 radical (unpaired) electrons. The van der Waals surface area contributed by atoms with Crippen LogP contribution in [0.3, 0.4) is 0 Å². The van der Waals surface area contributed by atoms with Crippen molar-refractivity contribution in [2.75, 3.05) is 5.32 Å². The molecule has 0 bridgehead atoms. The van der Waals surface area contributed by atoms with Crippen molar-refractivity contribution in [2.45, 2.75) is 26.9 Å². The lowest BCUT2D eigenvalue weighted by molar-refractivity contribution is 0.689. The highest BCUT2D eigenvalue weighted by Crippen LogP contribution is 2.32. The van der Waals surface area contributed by atoms with Gasteiger partial charge in [0.2, 0.25) is 0 Å².